The zero-order valence-electron chi connectivity index (χ0n) is 10.00. The van der Waals surface area contributed by atoms with Crippen LogP contribution >= 0.6 is 23.2 Å². The number of rotatable bonds is 2. The summed E-state index contributed by atoms with van der Waals surface area (Å²) in [7, 11) is 0. The number of amides is 1. The van der Waals surface area contributed by atoms with Gasteiger partial charge in [-0.05, 0) is 30.7 Å². The van der Waals surface area contributed by atoms with E-state index in [2.05, 4.69) is 5.32 Å². The van der Waals surface area contributed by atoms with Crippen molar-refractivity contribution in [1.82, 2.24) is 5.32 Å². The molecule has 4 nitrogen and oxygen atoms in total. The Hall–Kier alpha value is -1.52. The SMILES string of the molecule is CC1=C(C(=O)[O-])C(c2cc(Cl)ccc2Cl)CC(=O)N1. The molecule has 1 atom stereocenters. The van der Waals surface area contributed by atoms with E-state index < -0.39 is 11.9 Å². The Balaban J connectivity index is 2.58. The van der Waals surface area contributed by atoms with Crippen LogP contribution in [0, 0.1) is 0 Å². The van der Waals surface area contributed by atoms with Gasteiger partial charge in [0.15, 0.2) is 0 Å². The molecule has 0 saturated carbocycles. The predicted octanol–water partition coefficient (Wildman–Crippen LogP) is 1.62. The van der Waals surface area contributed by atoms with Gasteiger partial charge in [-0.3, -0.25) is 4.79 Å². The molecule has 100 valence electrons. The first-order valence-electron chi connectivity index (χ1n) is 5.57. The van der Waals surface area contributed by atoms with E-state index in [-0.39, 0.29) is 23.6 Å². The number of carboxylic acids is 1. The molecule has 0 fully saturated rings. The van der Waals surface area contributed by atoms with Crippen molar-refractivity contribution in [1.29, 1.82) is 0 Å². The van der Waals surface area contributed by atoms with Crippen LogP contribution in [0.1, 0.15) is 24.8 Å². The number of carbonyl (C=O) groups excluding carboxylic acids is 2. The monoisotopic (exact) mass is 298 g/mol. The molecule has 1 amide bonds. The summed E-state index contributed by atoms with van der Waals surface area (Å²) < 4.78 is 0. The van der Waals surface area contributed by atoms with Crippen LogP contribution in [-0.4, -0.2) is 11.9 Å². The van der Waals surface area contributed by atoms with Gasteiger partial charge < -0.3 is 15.2 Å². The molecule has 0 aliphatic carbocycles. The normalized spacial score (nSPS) is 19.3. The van der Waals surface area contributed by atoms with Crippen molar-refractivity contribution in [2.75, 3.05) is 0 Å². The molecule has 0 radical (unpaired) electrons. The second kappa shape index (κ2) is 5.23. The summed E-state index contributed by atoms with van der Waals surface area (Å²) in [6.45, 7) is 1.52. The molecule has 1 aliphatic rings. The van der Waals surface area contributed by atoms with Gasteiger partial charge in [0.05, 0.1) is 5.97 Å². The number of carboxylic acid groups (broad SMARTS) is 1. The van der Waals surface area contributed by atoms with Crippen molar-refractivity contribution in [2.45, 2.75) is 19.3 Å². The Morgan fingerprint density at radius 3 is 2.74 bits per heavy atom. The first-order chi connectivity index (χ1) is 8.90. The summed E-state index contributed by atoms with van der Waals surface area (Å²) in [5, 5.41) is 14.5. The third-order valence-corrected chi connectivity index (χ3v) is 3.60. The molecule has 0 spiro atoms. The van der Waals surface area contributed by atoms with Crippen LogP contribution in [0.5, 0.6) is 0 Å². The van der Waals surface area contributed by atoms with Crippen LogP contribution in [0.15, 0.2) is 29.5 Å². The van der Waals surface area contributed by atoms with Crippen LogP contribution in [0.25, 0.3) is 0 Å². The number of hydrogen-bond acceptors (Lipinski definition) is 3. The van der Waals surface area contributed by atoms with Gasteiger partial charge in [-0.15, -0.1) is 0 Å². The summed E-state index contributed by atoms with van der Waals surface area (Å²) in [6, 6.07) is 4.75. The van der Waals surface area contributed by atoms with E-state index in [9.17, 15) is 14.7 Å². The Morgan fingerprint density at radius 2 is 2.11 bits per heavy atom. The highest BCUT2D eigenvalue weighted by molar-refractivity contribution is 6.33. The first kappa shape index (κ1) is 13.9. The number of carbonyl (C=O) groups is 2. The highest BCUT2D eigenvalue weighted by atomic mass is 35.5. The minimum absolute atomic E-state index is 0.000710. The lowest BCUT2D eigenvalue weighted by Crippen LogP contribution is -2.38. The lowest BCUT2D eigenvalue weighted by Gasteiger charge is -2.29. The van der Waals surface area contributed by atoms with Crippen LogP contribution in [0.3, 0.4) is 0 Å². The predicted molar refractivity (Wildman–Crippen MR) is 69.7 cm³/mol. The fourth-order valence-electron chi connectivity index (χ4n) is 2.22. The lowest BCUT2D eigenvalue weighted by molar-refractivity contribution is -0.299. The van der Waals surface area contributed by atoms with Crippen molar-refractivity contribution in [3.05, 3.63) is 45.1 Å². The largest absolute Gasteiger partial charge is 0.545 e. The van der Waals surface area contributed by atoms with Gasteiger partial charge in [0, 0.05) is 33.7 Å². The summed E-state index contributed by atoms with van der Waals surface area (Å²) in [4.78, 5) is 22.8. The van der Waals surface area contributed by atoms with Crippen molar-refractivity contribution in [2.24, 2.45) is 0 Å². The highest BCUT2D eigenvalue weighted by Gasteiger charge is 2.29. The Morgan fingerprint density at radius 1 is 1.42 bits per heavy atom. The van der Waals surface area contributed by atoms with Gasteiger partial charge >= 0.3 is 0 Å². The molecular weight excluding hydrogens is 289 g/mol. The van der Waals surface area contributed by atoms with Gasteiger partial charge in [0.1, 0.15) is 0 Å². The van der Waals surface area contributed by atoms with E-state index in [4.69, 9.17) is 23.2 Å². The standard InChI is InChI=1S/C13H11Cl2NO3/c1-6-12(13(18)19)9(5-11(17)16-6)8-4-7(14)2-3-10(8)15/h2-4,9H,5H2,1H3,(H,16,17)(H,18,19)/p-1. The van der Waals surface area contributed by atoms with E-state index in [0.717, 1.165) is 0 Å². The summed E-state index contributed by atoms with van der Waals surface area (Å²) in [5.74, 6) is -2.23. The van der Waals surface area contributed by atoms with Crippen LogP contribution in [-0.2, 0) is 9.59 Å². The van der Waals surface area contributed by atoms with Gasteiger partial charge in [0.2, 0.25) is 5.91 Å². The molecule has 0 aromatic heterocycles. The van der Waals surface area contributed by atoms with E-state index in [1.165, 1.54) is 6.92 Å². The number of benzene rings is 1. The number of allylic oxidation sites excluding steroid dienone is 1. The van der Waals surface area contributed by atoms with E-state index >= 15 is 0 Å². The Bertz CT molecular complexity index is 596. The van der Waals surface area contributed by atoms with Crippen molar-refractivity contribution >= 4 is 35.1 Å². The van der Waals surface area contributed by atoms with Gasteiger partial charge in [-0.25, -0.2) is 0 Å². The molecule has 1 aromatic rings. The number of aliphatic carboxylic acids is 1. The average molecular weight is 299 g/mol. The Labute approximate surface area is 120 Å². The molecule has 0 saturated heterocycles. The Kier molecular flexibility index (Phi) is 3.83. The first-order valence-corrected chi connectivity index (χ1v) is 6.32. The molecule has 1 unspecified atom stereocenters. The minimum Gasteiger partial charge on any atom is -0.545 e. The van der Waals surface area contributed by atoms with E-state index in [1.807, 2.05) is 0 Å². The smallest absolute Gasteiger partial charge is 0.225 e. The maximum Gasteiger partial charge on any atom is 0.225 e. The highest BCUT2D eigenvalue weighted by Crippen LogP contribution is 2.37. The summed E-state index contributed by atoms with van der Waals surface area (Å²) in [6.07, 6.45) is 0.000710. The minimum atomic E-state index is -1.32. The number of hydrogen-bond donors (Lipinski definition) is 1. The molecule has 6 heteroatoms. The molecular formula is C13H10Cl2NO3-. The molecule has 1 heterocycles. The quantitative estimate of drug-likeness (QED) is 0.902. The third-order valence-electron chi connectivity index (χ3n) is 3.02. The maximum atomic E-state index is 11.6. The summed E-state index contributed by atoms with van der Waals surface area (Å²) in [5.41, 5.74) is 0.823. The van der Waals surface area contributed by atoms with Crippen molar-refractivity contribution < 1.29 is 14.7 Å². The second-order valence-electron chi connectivity index (χ2n) is 4.30. The number of halogens is 2. The average Bonchev–Trinajstić information content (AvgIpc) is 2.30. The second-order valence-corrected chi connectivity index (χ2v) is 5.14. The van der Waals surface area contributed by atoms with E-state index in [0.29, 0.717) is 15.6 Å². The molecule has 1 N–H and O–H groups in total. The molecule has 0 bridgehead atoms. The van der Waals surface area contributed by atoms with Crippen molar-refractivity contribution in [3.8, 4) is 0 Å². The zero-order chi connectivity index (χ0) is 14.2. The molecule has 1 aliphatic heterocycles. The van der Waals surface area contributed by atoms with Gasteiger partial charge in [-0.1, -0.05) is 23.2 Å². The van der Waals surface area contributed by atoms with Crippen LogP contribution < -0.4 is 10.4 Å². The summed E-state index contributed by atoms with van der Waals surface area (Å²) >= 11 is 12.0. The molecule has 19 heavy (non-hydrogen) atoms. The maximum absolute atomic E-state index is 11.6. The zero-order valence-corrected chi connectivity index (χ0v) is 11.5. The number of nitrogens with one attached hydrogen (secondary N) is 1. The van der Waals surface area contributed by atoms with Crippen LogP contribution in [0.2, 0.25) is 10.0 Å². The van der Waals surface area contributed by atoms with Crippen LogP contribution in [0.4, 0.5) is 0 Å². The fraction of sp³-hybridized carbons (Fsp3) is 0.231. The van der Waals surface area contributed by atoms with E-state index in [1.54, 1.807) is 18.2 Å². The lowest BCUT2D eigenvalue weighted by atomic mass is 9.84. The molecule has 2 rings (SSSR count). The fourth-order valence-corrected chi connectivity index (χ4v) is 2.65. The third kappa shape index (κ3) is 2.74. The molecule has 1 aromatic carbocycles. The van der Waals surface area contributed by atoms with Crippen molar-refractivity contribution in [3.63, 3.8) is 0 Å². The topological polar surface area (TPSA) is 69.2 Å². The van der Waals surface area contributed by atoms with Gasteiger partial charge in [0.25, 0.3) is 0 Å². The van der Waals surface area contributed by atoms with Gasteiger partial charge in [-0.2, -0.15) is 0 Å².